The molecule has 9 heteroatoms. The Morgan fingerprint density at radius 1 is 1.07 bits per heavy atom. The Labute approximate surface area is 240 Å². The van der Waals surface area contributed by atoms with Crippen molar-refractivity contribution in [3.05, 3.63) is 90.5 Å². The highest BCUT2D eigenvalue weighted by Crippen LogP contribution is 2.26. The predicted octanol–water partition coefficient (Wildman–Crippen LogP) is 4.74. The summed E-state index contributed by atoms with van der Waals surface area (Å²) in [7, 11) is 0. The summed E-state index contributed by atoms with van der Waals surface area (Å²) in [6.45, 7) is 5.53. The first-order valence-corrected chi connectivity index (χ1v) is 14.4. The van der Waals surface area contributed by atoms with E-state index >= 15 is 0 Å². The zero-order chi connectivity index (χ0) is 28.5. The van der Waals surface area contributed by atoms with Gasteiger partial charge in [0.2, 0.25) is 0 Å². The van der Waals surface area contributed by atoms with Gasteiger partial charge in [-0.25, -0.2) is 9.10 Å². The number of hydrogen-bond acceptors (Lipinski definition) is 7. The largest absolute Gasteiger partial charge is 0.434 e. The van der Waals surface area contributed by atoms with Crippen molar-refractivity contribution < 1.29 is 19.4 Å². The van der Waals surface area contributed by atoms with Gasteiger partial charge in [-0.2, -0.15) is 0 Å². The van der Waals surface area contributed by atoms with E-state index in [1.165, 1.54) is 4.90 Å². The number of nitrogens with two attached hydrogens (primary N) is 1. The Kier molecular flexibility index (Phi) is 10.5. The first-order chi connectivity index (χ1) is 19.3. The van der Waals surface area contributed by atoms with E-state index in [0.29, 0.717) is 30.3 Å². The van der Waals surface area contributed by atoms with Crippen LogP contribution in [-0.2, 0) is 16.0 Å². The third-order valence-electron chi connectivity index (χ3n) is 6.98. The Balaban J connectivity index is 1.48. The highest BCUT2D eigenvalue weighted by atomic mass is 32.2. The van der Waals surface area contributed by atoms with Crippen LogP contribution in [0.3, 0.4) is 0 Å². The molecule has 2 amide bonds. The minimum Gasteiger partial charge on any atom is -0.434 e. The fourth-order valence-corrected chi connectivity index (χ4v) is 5.60. The summed E-state index contributed by atoms with van der Waals surface area (Å²) in [5.41, 5.74) is 8.22. The molecule has 3 aromatic carbocycles. The number of ether oxygens (including phenoxy) is 1. The summed E-state index contributed by atoms with van der Waals surface area (Å²) in [6, 6.07) is 25.9. The van der Waals surface area contributed by atoms with Crippen molar-refractivity contribution in [1.29, 1.82) is 0 Å². The van der Waals surface area contributed by atoms with Crippen molar-refractivity contribution in [3.63, 3.8) is 0 Å². The average Bonchev–Trinajstić information content (AvgIpc) is 3.36. The van der Waals surface area contributed by atoms with Crippen LogP contribution in [0.5, 0.6) is 0 Å². The van der Waals surface area contributed by atoms with Gasteiger partial charge in [-0.3, -0.25) is 9.69 Å². The van der Waals surface area contributed by atoms with E-state index in [-0.39, 0.29) is 6.54 Å². The van der Waals surface area contributed by atoms with Crippen LogP contribution in [0.15, 0.2) is 89.8 Å². The molecule has 1 heterocycles. The maximum atomic E-state index is 13.3. The van der Waals surface area contributed by atoms with Gasteiger partial charge in [0.1, 0.15) is 0 Å². The van der Waals surface area contributed by atoms with Gasteiger partial charge >= 0.3 is 6.09 Å². The summed E-state index contributed by atoms with van der Waals surface area (Å²) < 4.78 is 7.57. The molecule has 1 saturated heterocycles. The van der Waals surface area contributed by atoms with Gasteiger partial charge in [-0.15, -0.1) is 0 Å². The number of rotatable bonds is 13. The Bertz CT molecular complexity index is 1230. The molecule has 3 aromatic rings. The number of carbonyl (C=O) groups is 2. The summed E-state index contributed by atoms with van der Waals surface area (Å²) in [6.07, 6.45) is -0.980. The number of para-hydroxylation sites is 1. The molecule has 1 aliphatic heterocycles. The Morgan fingerprint density at radius 3 is 2.38 bits per heavy atom. The summed E-state index contributed by atoms with van der Waals surface area (Å²) in [5, 5.41) is 14.5. The fraction of sp³-hybridized carbons (Fsp3) is 0.355. The zero-order valence-corrected chi connectivity index (χ0v) is 23.8. The molecule has 4 atom stereocenters. The number of nitrogens with one attached hydrogen (secondary N) is 1. The third kappa shape index (κ3) is 8.24. The maximum Gasteiger partial charge on any atom is 0.415 e. The molecule has 4 unspecified atom stereocenters. The molecule has 0 aliphatic carbocycles. The van der Waals surface area contributed by atoms with Crippen LogP contribution < -0.4 is 16.0 Å². The maximum absolute atomic E-state index is 13.3. The van der Waals surface area contributed by atoms with Gasteiger partial charge in [0.25, 0.3) is 5.91 Å². The van der Waals surface area contributed by atoms with Gasteiger partial charge in [-0.05, 0) is 66.2 Å². The number of anilines is 2. The van der Waals surface area contributed by atoms with Gasteiger partial charge in [0.15, 0.2) is 6.10 Å². The lowest BCUT2D eigenvalue weighted by Gasteiger charge is -2.31. The van der Waals surface area contributed by atoms with E-state index in [9.17, 15) is 14.7 Å². The van der Waals surface area contributed by atoms with Crippen LogP contribution in [0, 0.1) is 5.92 Å². The van der Waals surface area contributed by atoms with E-state index in [2.05, 4.69) is 23.5 Å². The van der Waals surface area contributed by atoms with Crippen molar-refractivity contribution in [2.24, 2.45) is 5.92 Å². The smallest absolute Gasteiger partial charge is 0.415 e. The lowest BCUT2D eigenvalue weighted by atomic mass is 10.0. The summed E-state index contributed by atoms with van der Waals surface area (Å²) in [5.74, 6) is -0.0102. The highest BCUT2D eigenvalue weighted by Gasteiger charge is 2.38. The van der Waals surface area contributed by atoms with Gasteiger partial charge in [0.05, 0.1) is 18.7 Å². The van der Waals surface area contributed by atoms with Gasteiger partial charge in [-0.1, -0.05) is 68.8 Å². The predicted molar refractivity (Wildman–Crippen MR) is 160 cm³/mol. The second-order valence-corrected chi connectivity index (χ2v) is 11.4. The number of hydrogen-bond donors (Lipinski definition) is 3. The number of cyclic esters (lactones) is 1. The lowest BCUT2D eigenvalue weighted by Crippen LogP contribution is -2.52. The topological polar surface area (TPSA) is 108 Å². The monoisotopic (exact) mass is 562 g/mol. The first kappa shape index (κ1) is 29.5. The lowest BCUT2D eigenvalue weighted by molar-refractivity contribution is -0.129. The number of carbonyl (C=O) groups excluding carboxylic acids is 2. The molecular weight excluding hydrogens is 524 g/mol. The van der Waals surface area contributed by atoms with Gasteiger partial charge in [0, 0.05) is 29.4 Å². The Hall–Kier alpha value is -3.53. The number of aliphatic hydroxyl groups is 1. The molecule has 1 fully saturated rings. The van der Waals surface area contributed by atoms with E-state index < -0.39 is 30.3 Å². The molecule has 0 saturated carbocycles. The first-order valence-electron chi connectivity index (χ1n) is 13.7. The van der Waals surface area contributed by atoms with E-state index in [4.69, 9.17) is 10.5 Å². The number of aliphatic hydroxyl groups excluding tert-OH is 1. The molecule has 0 aromatic heterocycles. The highest BCUT2D eigenvalue weighted by molar-refractivity contribution is 7.97. The van der Waals surface area contributed by atoms with Crippen LogP contribution >= 0.6 is 11.9 Å². The van der Waals surface area contributed by atoms with Crippen molar-refractivity contribution in [3.8, 4) is 0 Å². The number of benzene rings is 3. The third-order valence-corrected chi connectivity index (χ3v) is 8.02. The van der Waals surface area contributed by atoms with Crippen molar-refractivity contribution in [1.82, 2.24) is 9.62 Å². The van der Waals surface area contributed by atoms with Crippen molar-refractivity contribution in [2.75, 3.05) is 30.3 Å². The molecule has 212 valence electrons. The standard InChI is InChI=1S/C31H38N4O4S/c1-3-22(2)19-34(40-26-16-14-24(32)15-17-26)20-28(36)27(18-23-10-6-4-7-11-23)33-30(37)29-21-35(31(38)39-29)25-12-8-5-9-13-25/h4-17,22,27-29,36H,3,18-21,32H2,1-2H3,(H,33,37). The molecular formula is C31H38N4O4S. The molecule has 0 radical (unpaired) electrons. The van der Waals surface area contributed by atoms with E-state index in [1.807, 2.05) is 72.8 Å². The molecule has 1 aliphatic rings. The van der Waals surface area contributed by atoms with Crippen LogP contribution in [-0.4, -0.2) is 59.3 Å². The van der Waals surface area contributed by atoms with Crippen LogP contribution in [0.2, 0.25) is 0 Å². The zero-order valence-electron chi connectivity index (χ0n) is 23.0. The van der Waals surface area contributed by atoms with E-state index in [1.54, 1.807) is 24.1 Å². The fourth-order valence-electron chi connectivity index (χ4n) is 4.48. The average molecular weight is 563 g/mol. The molecule has 4 rings (SSSR count). The second kappa shape index (κ2) is 14.2. The summed E-state index contributed by atoms with van der Waals surface area (Å²) in [4.78, 5) is 28.3. The summed E-state index contributed by atoms with van der Waals surface area (Å²) >= 11 is 1.56. The SMILES string of the molecule is CCC(C)CN(CC(O)C(Cc1ccccc1)NC(=O)C1CN(c2ccccc2)C(=O)O1)Sc1ccc(N)cc1. The molecule has 0 spiro atoms. The molecule has 8 nitrogen and oxygen atoms in total. The number of nitrogen functional groups attached to an aromatic ring is 1. The number of amides is 2. The molecule has 40 heavy (non-hydrogen) atoms. The minimum absolute atomic E-state index is 0.107. The Morgan fingerprint density at radius 2 is 1.73 bits per heavy atom. The van der Waals surface area contributed by atoms with Gasteiger partial charge < -0.3 is 20.9 Å². The molecule has 0 bridgehead atoms. The normalized spacial score (nSPS) is 17.4. The van der Waals surface area contributed by atoms with E-state index in [0.717, 1.165) is 23.4 Å². The minimum atomic E-state index is -0.974. The van der Waals surface area contributed by atoms with Crippen molar-refractivity contribution >= 4 is 35.3 Å². The van der Waals surface area contributed by atoms with Crippen molar-refractivity contribution in [2.45, 2.75) is 49.8 Å². The van der Waals surface area contributed by atoms with Crippen LogP contribution in [0.4, 0.5) is 16.2 Å². The van der Waals surface area contributed by atoms with Crippen LogP contribution in [0.1, 0.15) is 25.8 Å². The quantitative estimate of drug-likeness (QED) is 0.204. The second-order valence-electron chi connectivity index (χ2n) is 10.2. The molecule has 4 N–H and O–H groups in total. The van der Waals surface area contributed by atoms with Crippen LogP contribution in [0.25, 0.3) is 0 Å². The number of nitrogens with zero attached hydrogens (tertiary/aromatic N) is 2.